The van der Waals surface area contributed by atoms with E-state index in [1.807, 2.05) is 6.92 Å². The summed E-state index contributed by atoms with van der Waals surface area (Å²) in [5, 5.41) is 10.7. The van der Waals surface area contributed by atoms with Crippen LogP contribution < -0.4 is 5.90 Å². The Morgan fingerprint density at radius 1 is 1.67 bits per heavy atom. The lowest BCUT2D eigenvalue weighted by atomic mass is 10.0. The van der Waals surface area contributed by atoms with Crippen molar-refractivity contribution in [2.24, 2.45) is 5.90 Å². The molecule has 0 fully saturated rings. The van der Waals surface area contributed by atoms with Gasteiger partial charge in [0.1, 0.15) is 5.02 Å². The van der Waals surface area contributed by atoms with Gasteiger partial charge in [-0.15, -0.1) is 0 Å². The van der Waals surface area contributed by atoms with Crippen LogP contribution in [-0.2, 0) is 4.84 Å². The normalized spacial score (nSPS) is 12.5. The molecule has 6 heteroatoms. The molecule has 0 spiro atoms. The Hall–Kier alpha value is -1.17. The Labute approximate surface area is 91.9 Å². The van der Waals surface area contributed by atoms with E-state index < -0.39 is 4.92 Å². The van der Waals surface area contributed by atoms with E-state index >= 15 is 0 Å². The van der Waals surface area contributed by atoms with Crippen LogP contribution in [0.3, 0.4) is 0 Å². The fourth-order valence-electron chi connectivity index (χ4n) is 1.22. The lowest BCUT2D eigenvalue weighted by molar-refractivity contribution is -0.384. The second-order valence-corrected chi connectivity index (χ2v) is 3.61. The molecule has 0 aliphatic rings. The SMILES string of the molecule is CC(CON)c1ccc(Cl)c([N+](=O)[O-])c1. The van der Waals surface area contributed by atoms with Crippen LogP contribution in [0.15, 0.2) is 18.2 Å². The summed E-state index contributed by atoms with van der Waals surface area (Å²) in [6.07, 6.45) is 0. The Morgan fingerprint density at radius 2 is 2.33 bits per heavy atom. The molecule has 5 nitrogen and oxygen atoms in total. The van der Waals surface area contributed by atoms with Gasteiger partial charge in [0.2, 0.25) is 0 Å². The van der Waals surface area contributed by atoms with Gasteiger partial charge in [0.05, 0.1) is 11.5 Å². The third kappa shape index (κ3) is 2.89. The quantitative estimate of drug-likeness (QED) is 0.636. The van der Waals surface area contributed by atoms with Crippen molar-refractivity contribution >= 4 is 17.3 Å². The molecule has 0 amide bonds. The summed E-state index contributed by atoms with van der Waals surface area (Å²) in [7, 11) is 0. The van der Waals surface area contributed by atoms with Crippen molar-refractivity contribution in [3.8, 4) is 0 Å². The molecule has 82 valence electrons. The van der Waals surface area contributed by atoms with E-state index in [9.17, 15) is 10.1 Å². The first kappa shape index (κ1) is 11.9. The zero-order valence-corrected chi connectivity index (χ0v) is 8.90. The van der Waals surface area contributed by atoms with Gasteiger partial charge in [-0.25, -0.2) is 5.90 Å². The minimum Gasteiger partial charge on any atom is -0.304 e. The Morgan fingerprint density at radius 3 is 2.87 bits per heavy atom. The Balaban J connectivity index is 3.02. The van der Waals surface area contributed by atoms with Gasteiger partial charge < -0.3 is 4.84 Å². The average Bonchev–Trinajstić information content (AvgIpc) is 2.18. The largest absolute Gasteiger partial charge is 0.304 e. The van der Waals surface area contributed by atoms with E-state index in [2.05, 4.69) is 4.84 Å². The van der Waals surface area contributed by atoms with E-state index in [0.717, 1.165) is 5.56 Å². The van der Waals surface area contributed by atoms with Crippen molar-refractivity contribution in [1.29, 1.82) is 0 Å². The van der Waals surface area contributed by atoms with Gasteiger partial charge in [0.25, 0.3) is 5.69 Å². The molecule has 0 aliphatic carbocycles. The number of benzene rings is 1. The summed E-state index contributed by atoms with van der Waals surface area (Å²) in [6.45, 7) is 2.17. The number of nitrogens with zero attached hydrogens (tertiary/aromatic N) is 1. The van der Waals surface area contributed by atoms with E-state index in [4.69, 9.17) is 17.5 Å². The molecule has 1 rings (SSSR count). The third-order valence-electron chi connectivity index (χ3n) is 2.08. The third-order valence-corrected chi connectivity index (χ3v) is 2.40. The van der Waals surface area contributed by atoms with Gasteiger partial charge >= 0.3 is 0 Å². The summed E-state index contributed by atoms with van der Waals surface area (Å²) in [5.74, 6) is 4.93. The fourth-order valence-corrected chi connectivity index (χ4v) is 1.40. The first-order valence-electron chi connectivity index (χ1n) is 4.31. The molecule has 1 aromatic rings. The van der Waals surface area contributed by atoms with Gasteiger partial charge in [0, 0.05) is 12.0 Å². The maximum absolute atomic E-state index is 10.6. The highest BCUT2D eigenvalue weighted by Gasteiger charge is 2.15. The van der Waals surface area contributed by atoms with Crippen LogP contribution in [0.4, 0.5) is 5.69 Å². The van der Waals surface area contributed by atoms with Crippen molar-refractivity contribution in [1.82, 2.24) is 0 Å². The van der Waals surface area contributed by atoms with E-state index in [0.29, 0.717) is 6.61 Å². The van der Waals surface area contributed by atoms with Crippen molar-refractivity contribution < 1.29 is 9.76 Å². The summed E-state index contributed by atoms with van der Waals surface area (Å²) in [4.78, 5) is 14.6. The molecule has 0 aliphatic heterocycles. The molecule has 2 N–H and O–H groups in total. The number of hydrogen-bond acceptors (Lipinski definition) is 4. The molecule has 0 saturated heterocycles. The number of nitrogens with two attached hydrogens (primary N) is 1. The van der Waals surface area contributed by atoms with Crippen molar-refractivity contribution in [2.45, 2.75) is 12.8 Å². The fraction of sp³-hybridized carbons (Fsp3) is 0.333. The van der Waals surface area contributed by atoms with Crippen LogP contribution in [-0.4, -0.2) is 11.5 Å². The summed E-state index contributed by atoms with van der Waals surface area (Å²) in [6, 6.07) is 4.66. The predicted molar refractivity (Wildman–Crippen MR) is 56.7 cm³/mol. The number of hydrogen-bond donors (Lipinski definition) is 1. The van der Waals surface area contributed by atoms with E-state index in [-0.39, 0.29) is 16.6 Å². The van der Waals surface area contributed by atoms with Crippen molar-refractivity contribution in [3.05, 3.63) is 38.9 Å². The van der Waals surface area contributed by atoms with Gasteiger partial charge in [-0.05, 0) is 11.6 Å². The molecular formula is C9H11ClN2O3. The first-order valence-corrected chi connectivity index (χ1v) is 4.69. The average molecular weight is 231 g/mol. The molecule has 0 heterocycles. The number of rotatable bonds is 4. The Kier molecular flexibility index (Phi) is 4.02. The van der Waals surface area contributed by atoms with Gasteiger partial charge in [-0.3, -0.25) is 10.1 Å². The highest BCUT2D eigenvalue weighted by Crippen LogP contribution is 2.28. The van der Waals surface area contributed by atoms with Gasteiger partial charge in [0.15, 0.2) is 0 Å². The monoisotopic (exact) mass is 230 g/mol. The molecule has 1 atom stereocenters. The topological polar surface area (TPSA) is 78.4 Å². The van der Waals surface area contributed by atoms with Crippen LogP contribution >= 0.6 is 11.6 Å². The number of nitro benzene ring substituents is 1. The van der Waals surface area contributed by atoms with Gasteiger partial charge in [-0.1, -0.05) is 24.6 Å². The van der Waals surface area contributed by atoms with Crippen molar-refractivity contribution in [3.63, 3.8) is 0 Å². The number of nitro groups is 1. The zero-order chi connectivity index (χ0) is 11.4. The van der Waals surface area contributed by atoms with E-state index in [1.54, 1.807) is 6.07 Å². The van der Waals surface area contributed by atoms with E-state index in [1.165, 1.54) is 12.1 Å². The summed E-state index contributed by atoms with van der Waals surface area (Å²) in [5.41, 5.74) is 0.676. The Bertz CT molecular complexity index is 370. The molecule has 15 heavy (non-hydrogen) atoms. The highest BCUT2D eigenvalue weighted by atomic mass is 35.5. The molecule has 0 aromatic heterocycles. The smallest absolute Gasteiger partial charge is 0.288 e. The minimum absolute atomic E-state index is 0.00836. The number of halogens is 1. The summed E-state index contributed by atoms with van der Waals surface area (Å²) >= 11 is 5.68. The van der Waals surface area contributed by atoms with Crippen LogP contribution in [0.1, 0.15) is 18.4 Å². The molecule has 0 radical (unpaired) electrons. The molecule has 1 aromatic carbocycles. The van der Waals surface area contributed by atoms with Crippen LogP contribution in [0.25, 0.3) is 0 Å². The second kappa shape index (κ2) is 5.06. The lowest BCUT2D eigenvalue weighted by Crippen LogP contribution is -2.08. The van der Waals surface area contributed by atoms with Crippen LogP contribution in [0.2, 0.25) is 5.02 Å². The first-order chi connectivity index (χ1) is 7.06. The maximum atomic E-state index is 10.6. The molecule has 1 unspecified atom stereocenters. The highest BCUT2D eigenvalue weighted by molar-refractivity contribution is 6.32. The second-order valence-electron chi connectivity index (χ2n) is 3.20. The summed E-state index contributed by atoms with van der Waals surface area (Å²) < 4.78 is 0. The zero-order valence-electron chi connectivity index (χ0n) is 8.14. The molecule has 0 bridgehead atoms. The van der Waals surface area contributed by atoms with Crippen LogP contribution in [0, 0.1) is 10.1 Å². The molecule has 0 saturated carbocycles. The van der Waals surface area contributed by atoms with Crippen LogP contribution in [0.5, 0.6) is 0 Å². The standard InChI is InChI=1S/C9H11ClN2O3/c1-6(5-15-11)7-2-3-8(10)9(4-7)12(13)14/h2-4,6H,5,11H2,1H3. The predicted octanol–water partition coefficient (Wildman–Crippen LogP) is 2.24. The molecular weight excluding hydrogens is 220 g/mol. The van der Waals surface area contributed by atoms with Gasteiger partial charge in [-0.2, -0.15) is 0 Å². The minimum atomic E-state index is -0.512. The lowest BCUT2D eigenvalue weighted by Gasteiger charge is -2.09. The van der Waals surface area contributed by atoms with Crippen molar-refractivity contribution in [2.75, 3.05) is 6.61 Å². The maximum Gasteiger partial charge on any atom is 0.288 e.